The minimum absolute atomic E-state index is 0.0983. The first-order valence-corrected chi connectivity index (χ1v) is 21.2. The van der Waals surface area contributed by atoms with Crippen LogP contribution in [0.25, 0.3) is 0 Å². The van der Waals surface area contributed by atoms with Gasteiger partial charge in [-0.15, -0.1) is 0 Å². The fourth-order valence-corrected chi connectivity index (χ4v) is 10.4. The molecule has 4 aliphatic carbocycles. The molecule has 1 amide bonds. The minimum atomic E-state index is -2.15. The Morgan fingerprint density at radius 3 is 2.20 bits per heavy atom. The molecule has 2 unspecified atom stereocenters. The number of ether oxygens (including phenoxy) is 7. The Balaban J connectivity index is 1.37. The number of alkyl carbamates (subject to hydrolysis) is 1. The summed E-state index contributed by atoms with van der Waals surface area (Å²) >= 11 is 0. The summed E-state index contributed by atoms with van der Waals surface area (Å²) in [6.07, 6.45) is -9.98. The lowest BCUT2D eigenvalue weighted by Gasteiger charge is -2.67. The molecule has 7 rings (SSSR count). The van der Waals surface area contributed by atoms with Crippen molar-refractivity contribution in [2.24, 2.45) is 22.7 Å². The van der Waals surface area contributed by atoms with E-state index in [1.807, 2.05) is 30.3 Å². The molecule has 1 aromatic rings. The summed E-state index contributed by atoms with van der Waals surface area (Å²) in [5.41, 5.74) is -7.74. The van der Waals surface area contributed by atoms with Gasteiger partial charge in [0, 0.05) is 31.1 Å². The van der Waals surface area contributed by atoms with Crippen LogP contribution < -0.4 is 5.32 Å². The molecule has 3 saturated carbocycles. The first kappa shape index (κ1) is 45.1. The Labute approximate surface area is 355 Å². The molecular weight excluding hydrogens is 794 g/mol. The molecule has 0 aromatic heterocycles. The molecule has 5 fully saturated rings. The van der Waals surface area contributed by atoms with Crippen LogP contribution in [0.15, 0.2) is 41.5 Å². The predicted molar refractivity (Wildman–Crippen MR) is 213 cm³/mol. The summed E-state index contributed by atoms with van der Waals surface area (Å²) < 4.78 is 42.5. The van der Waals surface area contributed by atoms with Crippen molar-refractivity contribution >= 4 is 29.8 Å². The maximum atomic E-state index is 15.7. The van der Waals surface area contributed by atoms with Gasteiger partial charge in [-0.25, -0.2) is 9.59 Å². The van der Waals surface area contributed by atoms with E-state index in [-0.39, 0.29) is 37.2 Å². The topological polar surface area (TPSA) is 226 Å². The molecule has 2 bridgehead atoms. The third-order valence-electron chi connectivity index (χ3n) is 14.0. The number of aliphatic hydroxyl groups excluding tert-OH is 2. The Morgan fingerprint density at radius 2 is 1.66 bits per heavy atom. The number of Topliss-reactive ketones (excluding diaryl/α,β-unsaturated/α-hetero) is 1. The summed E-state index contributed by atoms with van der Waals surface area (Å²) in [5.74, 6) is -5.00. The number of amides is 1. The van der Waals surface area contributed by atoms with Crippen LogP contribution in [0.4, 0.5) is 4.79 Å². The van der Waals surface area contributed by atoms with Gasteiger partial charge in [0.2, 0.25) is 0 Å². The van der Waals surface area contributed by atoms with Gasteiger partial charge in [-0.05, 0) is 78.0 Å². The molecule has 61 heavy (non-hydrogen) atoms. The zero-order valence-electron chi connectivity index (χ0n) is 36.6. The van der Waals surface area contributed by atoms with Crippen LogP contribution >= 0.6 is 0 Å². The lowest BCUT2D eigenvalue weighted by molar-refractivity contribution is -0.351. The monoisotopic (exact) mass is 855 g/mol. The number of benzene rings is 1. The molecule has 16 heteroatoms. The summed E-state index contributed by atoms with van der Waals surface area (Å²) in [6.45, 7) is 15.9. The van der Waals surface area contributed by atoms with Gasteiger partial charge in [0.1, 0.15) is 29.5 Å². The molecule has 6 aliphatic rings. The van der Waals surface area contributed by atoms with Crippen molar-refractivity contribution in [1.82, 2.24) is 5.32 Å². The Morgan fingerprint density at radius 1 is 1.02 bits per heavy atom. The van der Waals surface area contributed by atoms with E-state index in [0.29, 0.717) is 18.4 Å². The van der Waals surface area contributed by atoms with Crippen molar-refractivity contribution in [3.63, 3.8) is 0 Å². The van der Waals surface area contributed by atoms with Gasteiger partial charge in [0.25, 0.3) is 0 Å². The zero-order chi connectivity index (χ0) is 44.8. The molecule has 336 valence electrons. The molecule has 2 saturated heterocycles. The van der Waals surface area contributed by atoms with Gasteiger partial charge in [-0.1, -0.05) is 44.2 Å². The van der Waals surface area contributed by atoms with Crippen molar-refractivity contribution in [2.45, 2.75) is 173 Å². The van der Waals surface area contributed by atoms with Crippen LogP contribution in [0.5, 0.6) is 0 Å². The standard InChI is InChI=1S/C45H61NO15/c1-22-26(57-38(52)31(49)30(35-42(8,9)60-35)46-39(53)61-40(3,4)5)19-45(54)36(55-20-24-14-12-11-13-15-24)33-43(10,27(48)18-28-44(33,21-56-28)59-23(2)47)34(50)32(29(22)41(45,6)7)58-37(51)25-16-17-25/h11-15,25-28,30-33,35-36,48-49,54H,16-21H2,1-10H3,(H,46,53)/t26-,27-,28+,30+,31+,32+,33?,35-,36?,43+,44-,45+/m0/s1. The summed E-state index contributed by atoms with van der Waals surface area (Å²) in [4.78, 5) is 69.6. The number of epoxide rings is 1. The second kappa shape index (κ2) is 15.4. The molecule has 2 aliphatic heterocycles. The number of carbonyl (C=O) groups is 5. The second-order valence-corrected chi connectivity index (χ2v) is 20.1. The lowest BCUT2D eigenvalue weighted by Crippen LogP contribution is -2.81. The van der Waals surface area contributed by atoms with Crippen LogP contribution in [0, 0.1) is 22.7 Å². The van der Waals surface area contributed by atoms with Gasteiger partial charge < -0.3 is 53.8 Å². The number of aliphatic hydroxyl groups is 3. The highest BCUT2D eigenvalue weighted by Gasteiger charge is 2.78. The summed E-state index contributed by atoms with van der Waals surface area (Å²) in [5, 5.41) is 40.2. The predicted octanol–water partition coefficient (Wildman–Crippen LogP) is 3.39. The number of ketones is 1. The van der Waals surface area contributed by atoms with E-state index in [1.165, 1.54) is 13.8 Å². The molecule has 0 radical (unpaired) electrons. The van der Waals surface area contributed by atoms with Gasteiger partial charge in [-0.2, -0.15) is 0 Å². The first-order valence-electron chi connectivity index (χ1n) is 21.2. The van der Waals surface area contributed by atoms with E-state index in [9.17, 15) is 34.5 Å². The number of carbonyl (C=O) groups excluding carboxylic acids is 5. The third kappa shape index (κ3) is 7.79. The van der Waals surface area contributed by atoms with E-state index < -0.39 is 124 Å². The smallest absolute Gasteiger partial charge is 0.408 e. The quantitative estimate of drug-likeness (QED) is 0.108. The molecular formula is C45H61NO15. The van der Waals surface area contributed by atoms with Crippen LogP contribution in [0.2, 0.25) is 0 Å². The fraction of sp³-hybridized carbons (Fsp3) is 0.711. The van der Waals surface area contributed by atoms with Gasteiger partial charge in [0.15, 0.2) is 23.6 Å². The maximum absolute atomic E-state index is 15.7. The SMILES string of the molecule is CC(=O)O[C@@]12CO[C@@H]1C[C@H](O)[C@@]1(C)C(=O)[C@H](OC(=O)C3CC3)C3=C(C)[C@@H](OC(=O)[C@H](O)[C@@H](NC(=O)OC(C)(C)C)[C@@H]4OC4(C)C)C[C@@](O)(C(OCc4ccccc4)C12)C3(C)C. The fourth-order valence-electron chi connectivity index (χ4n) is 10.4. The maximum Gasteiger partial charge on any atom is 0.408 e. The normalized spacial score (nSPS) is 36.9. The van der Waals surface area contributed by atoms with Crippen molar-refractivity contribution in [1.29, 1.82) is 0 Å². The Bertz CT molecular complexity index is 1970. The minimum Gasteiger partial charge on any atom is -0.456 e. The molecule has 2 heterocycles. The Hall–Kier alpha value is -3.93. The van der Waals surface area contributed by atoms with E-state index in [0.717, 1.165) is 0 Å². The second-order valence-electron chi connectivity index (χ2n) is 20.1. The third-order valence-corrected chi connectivity index (χ3v) is 14.0. The van der Waals surface area contributed by atoms with Crippen molar-refractivity contribution in [2.75, 3.05) is 6.61 Å². The van der Waals surface area contributed by atoms with Crippen molar-refractivity contribution in [3.8, 4) is 0 Å². The van der Waals surface area contributed by atoms with E-state index in [2.05, 4.69) is 5.32 Å². The molecule has 4 N–H and O–H groups in total. The highest BCUT2D eigenvalue weighted by Crippen LogP contribution is 2.64. The highest BCUT2D eigenvalue weighted by molar-refractivity contribution is 5.95. The van der Waals surface area contributed by atoms with E-state index in [4.69, 9.17) is 33.2 Å². The molecule has 1 aromatic carbocycles. The van der Waals surface area contributed by atoms with E-state index in [1.54, 1.807) is 55.4 Å². The first-order chi connectivity index (χ1) is 28.3. The van der Waals surface area contributed by atoms with Crippen LogP contribution in [0.3, 0.4) is 0 Å². The molecule has 16 nitrogen and oxygen atoms in total. The lowest BCUT2D eigenvalue weighted by atomic mass is 9.44. The number of esters is 3. The number of nitrogens with one attached hydrogen (secondary N) is 1. The number of hydrogen-bond acceptors (Lipinski definition) is 15. The zero-order valence-corrected chi connectivity index (χ0v) is 36.6. The number of fused-ring (bicyclic) bond motifs is 5. The van der Waals surface area contributed by atoms with Gasteiger partial charge in [0.05, 0.1) is 48.4 Å². The van der Waals surface area contributed by atoms with E-state index >= 15 is 4.79 Å². The Kier molecular flexibility index (Phi) is 11.4. The van der Waals surface area contributed by atoms with Gasteiger partial charge >= 0.3 is 24.0 Å². The highest BCUT2D eigenvalue weighted by atomic mass is 16.6. The summed E-state index contributed by atoms with van der Waals surface area (Å²) in [7, 11) is 0. The molecule has 12 atom stereocenters. The van der Waals surface area contributed by atoms with Crippen LogP contribution in [0.1, 0.15) is 100 Å². The van der Waals surface area contributed by atoms with Crippen molar-refractivity contribution in [3.05, 3.63) is 47.0 Å². The number of rotatable bonds is 11. The van der Waals surface area contributed by atoms with Crippen molar-refractivity contribution < 1.29 is 72.5 Å². The average Bonchev–Trinajstić information content (AvgIpc) is 4.10. The average molecular weight is 856 g/mol. The van der Waals surface area contributed by atoms with Crippen LogP contribution in [-0.2, 0) is 58.9 Å². The molecule has 0 spiro atoms. The van der Waals surface area contributed by atoms with Crippen LogP contribution in [-0.4, -0.2) is 123 Å². The number of hydrogen-bond donors (Lipinski definition) is 4. The largest absolute Gasteiger partial charge is 0.456 e. The van der Waals surface area contributed by atoms with Gasteiger partial charge in [-0.3, -0.25) is 14.4 Å². The summed E-state index contributed by atoms with van der Waals surface area (Å²) in [6, 6.07) is 7.77.